The second kappa shape index (κ2) is 13.2. The van der Waals surface area contributed by atoms with Crippen molar-refractivity contribution in [2.24, 2.45) is 5.41 Å². The minimum absolute atomic E-state index is 0. The van der Waals surface area contributed by atoms with Gasteiger partial charge in [-0.05, 0) is 0 Å². The first-order valence-corrected chi connectivity index (χ1v) is 3.12. The van der Waals surface area contributed by atoms with Crippen molar-refractivity contribution in [2.45, 2.75) is 20.8 Å². The molecule has 0 aromatic rings. The van der Waals surface area contributed by atoms with E-state index in [2.05, 4.69) is 27.2 Å². The average Bonchev–Trinajstić information content (AvgIpc) is 1.63. The zero-order chi connectivity index (χ0) is 7.33. The Kier molecular flexibility index (Phi) is 26.2. The quantitative estimate of drug-likeness (QED) is 0.275. The van der Waals surface area contributed by atoms with Gasteiger partial charge in [-0.15, -0.1) is 0 Å². The molecule has 0 atom stereocenters. The molecule has 0 nitrogen and oxygen atoms in total. The minimum Gasteiger partial charge on any atom is -1.00 e. The van der Waals surface area contributed by atoms with E-state index in [4.69, 9.17) is 6.58 Å². The molecule has 0 spiro atoms. The fourth-order valence-electron chi connectivity index (χ4n) is 0.408. The summed E-state index contributed by atoms with van der Waals surface area (Å²) in [6.45, 7) is 11.6. The third-order valence-corrected chi connectivity index (χ3v) is 0.818. The Morgan fingerprint density at radius 3 is 1.92 bits per heavy atom. The van der Waals surface area contributed by atoms with Gasteiger partial charge < -0.3 is 17.0 Å². The van der Waals surface area contributed by atoms with Crippen LogP contribution >= 0.6 is 0 Å². The largest absolute Gasteiger partial charge is 2.00 e. The Hall–Kier alpha value is 2.23. The molecule has 60 valence electrons. The Balaban J connectivity index is -0.000000107. The van der Waals surface area contributed by atoms with Crippen LogP contribution in [-0.4, -0.2) is 23.1 Å². The van der Waals surface area contributed by atoms with Gasteiger partial charge in [0.05, 0.1) is 0 Å². The summed E-state index contributed by atoms with van der Waals surface area (Å²) in [5.74, 6) is 0. The smallest absolute Gasteiger partial charge is 1.00 e. The maximum absolute atomic E-state index is 5.13. The Morgan fingerprint density at radius 1 is 1.25 bits per heavy atom. The standard InChI is InChI=1S/C9H14.BrH.K.Mg/c1-5-6-7-8-9(2,3)4;;;/h1,5-8H,2-4H3;1H;;/q-2;;+1;+2/p-1/b7-6-;;;. The number of hydrogen-bond acceptors (Lipinski definition) is 0. The van der Waals surface area contributed by atoms with Gasteiger partial charge in [-0.1, -0.05) is 26.2 Å². The van der Waals surface area contributed by atoms with Crippen molar-refractivity contribution in [1.29, 1.82) is 0 Å². The second-order valence-corrected chi connectivity index (χ2v) is 3.11. The summed E-state index contributed by atoms with van der Waals surface area (Å²) >= 11 is 0. The number of allylic oxidation sites excluding steroid dienone is 3. The topological polar surface area (TPSA) is 0 Å². The molecule has 0 aliphatic heterocycles. The normalized spacial score (nSPS) is 8.92. The third kappa shape index (κ3) is 22.8. The van der Waals surface area contributed by atoms with Gasteiger partial charge in [0.1, 0.15) is 0 Å². The van der Waals surface area contributed by atoms with Crippen molar-refractivity contribution in [3.8, 4) is 0 Å². The van der Waals surface area contributed by atoms with E-state index in [1.807, 2.05) is 12.2 Å². The van der Waals surface area contributed by atoms with Gasteiger partial charge in [-0.2, -0.15) is 0 Å². The van der Waals surface area contributed by atoms with Crippen LogP contribution in [0.2, 0.25) is 0 Å². The first-order valence-electron chi connectivity index (χ1n) is 3.12. The number of hydrogen-bond donors (Lipinski definition) is 0. The Morgan fingerprint density at radius 2 is 1.67 bits per heavy atom. The van der Waals surface area contributed by atoms with Crippen molar-refractivity contribution < 1.29 is 68.4 Å². The zero-order valence-electron chi connectivity index (χ0n) is 8.47. The molecule has 0 saturated carbocycles. The molecule has 0 aromatic heterocycles. The van der Waals surface area contributed by atoms with Crippen LogP contribution in [0.3, 0.4) is 0 Å². The van der Waals surface area contributed by atoms with E-state index in [9.17, 15) is 0 Å². The summed E-state index contributed by atoms with van der Waals surface area (Å²) in [4.78, 5) is 0. The van der Waals surface area contributed by atoms with Crippen molar-refractivity contribution >= 4 is 23.1 Å². The number of rotatable bonds is 2. The predicted octanol–water partition coefficient (Wildman–Crippen LogP) is -3.59. The molecule has 0 aliphatic carbocycles. The average molecular weight is 266 g/mol. The number of halogens is 1. The predicted molar refractivity (Wildman–Crippen MR) is 47.5 cm³/mol. The molecule has 0 amide bonds. The van der Waals surface area contributed by atoms with Crippen LogP contribution in [0.1, 0.15) is 20.8 Å². The third-order valence-electron chi connectivity index (χ3n) is 0.818. The SMILES string of the molecule is [Br-].[CH-]=C/C=C\[CH-]C(C)(C)C.[K+].[Mg+2]. The fourth-order valence-corrected chi connectivity index (χ4v) is 0.408. The van der Waals surface area contributed by atoms with Gasteiger partial charge >= 0.3 is 74.4 Å². The summed E-state index contributed by atoms with van der Waals surface area (Å²) in [7, 11) is 0. The molecule has 0 aromatic carbocycles. The molecule has 0 bridgehead atoms. The van der Waals surface area contributed by atoms with E-state index in [1.165, 1.54) is 6.08 Å². The minimum atomic E-state index is 0. The zero-order valence-corrected chi connectivity index (χ0v) is 14.6. The Labute approximate surface area is 146 Å². The van der Waals surface area contributed by atoms with Gasteiger partial charge in [0.2, 0.25) is 0 Å². The van der Waals surface area contributed by atoms with Crippen molar-refractivity contribution in [3.05, 3.63) is 31.2 Å². The molecule has 0 radical (unpaired) electrons. The summed E-state index contributed by atoms with van der Waals surface area (Å²) in [5, 5.41) is 0. The monoisotopic (exact) mass is 264 g/mol. The van der Waals surface area contributed by atoms with Crippen LogP contribution in [0.15, 0.2) is 18.2 Å². The molecule has 3 heteroatoms. The van der Waals surface area contributed by atoms with E-state index < -0.39 is 0 Å². The molecule has 0 fully saturated rings. The van der Waals surface area contributed by atoms with Crippen molar-refractivity contribution in [3.63, 3.8) is 0 Å². The molecule has 0 saturated heterocycles. The van der Waals surface area contributed by atoms with Crippen LogP contribution in [-0.2, 0) is 0 Å². The molecule has 0 N–H and O–H groups in total. The Bertz CT molecular complexity index is 116. The molecule has 12 heavy (non-hydrogen) atoms. The summed E-state index contributed by atoms with van der Waals surface area (Å²) < 4.78 is 0. The molecule has 0 unspecified atom stereocenters. The second-order valence-electron chi connectivity index (χ2n) is 3.11. The van der Waals surface area contributed by atoms with Crippen molar-refractivity contribution in [1.82, 2.24) is 0 Å². The van der Waals surface area contributed by atoms with Crippen LogP contribution in [0.4, 0.5) is 0 Å². The van der Waals surface area contributed by atoms with Gasteiger partial charge in [0.15, 0.2) is 0 Å². The van der Waals surface area contributed by atoms with Gasteiger partial charge in [-0.25, -0.2) is 24.6 Å². The fraction of sp³-hybridized carbons (Fsp3) is 0.444. The molecule has 0 aliphatic rings. The molecular weight excluding hydrogens is 251 g/mol. The van der Waals surface area contributed by atoms with Gasteiger partial charge in [0.25, 0.3) is 0 Å². The van der Waals surface area contributed by atoms with Crippen molar-refractivity contribution in [2.75, 3.05) is 0 Å². The van der Waals surface area contributed by atoms with E-state index in [1.54, 1.807) is 0 Å². The first-order chi connectivity index (χ1) is 4.06. The summed E-state index contributed by atoms with van der Waals surface area (Å²) in [6, 6.07) is 0. The molecule has 0 heterocycles. The maximum atomic E-state index is 5.13. The molecule has 0 rings (SSSR count). The van der Waals surface area contributed by atoms with E-state index in [0.717, 1.165) is 0 Å². The van der Waals surface area contributed by atoms with Crippen LogP contribution < -0.4 is 68.4 Å². The van der Waals surface area contributed by atoms with Crippen LogP contribution in [0.5, 0.6) is 0 Å². The first kappa shape index (κ1) is 23.8. The van der Waals surface area contributed by atoms with Crippen LogP contribution in [0, 0.1) is 18.4 Å². The summed E-state index contributed by atoms with van der Waals surface area (Å²) in [6.07, 6.45) is 7.42. The maximum Gasteiger partial charge on any atom is 2.00 e. The van der Waals surface area contributed by atoms with Gasteiger partial charge in [-0.3, -0.25) is 6.58 Å². The van der Waals surface area contributed by atoms with Crippen LogP contribution in [0.25, 0.3) is 0 Å². The summed E-state index contributed by atoms with van der Waals surface area (Å²) in [5.41, 5.74) is 0.263. The molecular formula is C9H14BrKMg. The van der Waals surface area contributed by atoms with E-state index in [0.29, 0.717) is 0 Å². The van der Waals surface area contributed by atoms with E-state index in [-0.39, 0.29) is 96.8 Å². The van der Waals surface area contributed by atoms with E-state index >= 15 is 0 Å². The van der Waals surface area contributed by atoms with Gasteiger partial charge in [0, 0.05) is 0 Å².